The summed E-state index contributed by atoms with van der Waals surface area (Å²) in [5, 5.41) is 3.56. The molecule has 2 nitrogen and oxygen atoms in total. The molecule has 0 radical (unpaired) electrons. The first-order valence-corrected chi connectivity index (χ1v) is 7.53. The van der Waals surface area contributed by atoms with Crippen molar-refractivity contribution in [3.8, 4) is 0 Å². The van der Waals surface area contributed by atoms with Gasteiger partial charge in [-0.15, -0.1) is 0 Å². The van der Waals surface area contributed by atoms with Crippen LogP contribution in [0.15, 0.2) is 30.3 Å². The van der Waals surface area contributed by atoms with Gasteiger partial charge in [-0.2, -0.15) is 0 Å². The largest absolute Gasteiger partial charge is 0.349 e. The Kier molecular flexibility index (Phi) is 5.02. The van der Waals surface area contributed by atoms with Crippen LogP contribution in [0.4, 0.5) is 0 Å². The smallest absolute Gasteiger partial charge is 0.0223 e. The van der Waals surface area contributed by atoms with Crippen LogP contribution in [0.3, 0.4) is 0 Å². The Morgan fingerprint density at radius 2 is 1.90 bits per heavy atom. The van der Waals surface area contributed by atoms with E-state index in [1.165, 1.54) is 28.1 Å². The third kappa shape index (κ3) is 3.51. The van der Waals surface area contributed by atoms with Crippen LogP contribution in [-0.4, -0.2) is 11.1 Å². The molecule has 0 unspecified atom stereocenters. The minimum atomic E-state index is 0.964. The highest BCUT2D eigenvalue weighted by Gasteiger charge is 2.06. The maximum atomic E-state index is 3.56. The fourth-order valence-corrected chi connectivity index (χ4v) is 2.86. The number of nitrogens with one attached hydrogen (secondary N) is 1. The first-order valence-electron chi connectivity index (χ1n) is 7.53. The van der Waals surface area contributed by atoms with Gasteiger partial charge in [-0.3, -0.25) is 0 Å². The molecule has 1 aromatic heterocycles. The predicted octanol–water partition coefficient (Wildman–Crippen LogP) is 3.77. The van der Waals surface area contributed by atoms with Gasteiger partial charge in [0.05, 0.1) is 0 Å². The highest BCUT2D eigenvalue weighted by molar-refractivity contribution is 5.26. The number of hydrogen-bond acceptors (Lipinski definition) is 1. The van der Waals surface area contributed by atoms with E-state index in [0.717, 1.165) is 26.1 Å². The van der Waals surface area contributed by atoms with Crippen molar-refractivity contribution in [2.75, 3.05) is 6.54 Å². The lowest BCUT2D eigenvalue weighted by Crippen LogP contribution is -2.17. The maximum absolute atomic E-state index is 3.56. The van der Waals surface area contributed by atoms with Gasteiger partial charge in [-0.1, -0.05) is 29.8 Å². The van der Waals surface area contributed by atoms with E-state index in [1.807, 2.05) is 0 Å². The zero-order chi connectivity index (χ0) is 14.5. The second-order valence-corrected chi connectivity index (χ2v) is 5.56. The summed E-state index contributed by atoms with van der Waals surface area (Å²) in [5.74, 6) is 0. The number of rotatable bonds is 6. The molecule has 0 aliphatic rings. The topological polar surface area (TPSA) is 17.0 Å². The van der Waals surface area contributed by atoms with E-state index in [4.69, 9.17) is 0 Å². The van der Waals surface area contributed by atoms with Crippen LogP contribution >= 0.6 is 0 Å². The van der Waals surface area contributed by atoms with E-state index < -0.39 is 0 Å². The SMILES string of the molecule is CCn1c(C)cc(CNCCc2cccc(C)c2)c1C. The van der Waals surface area contributed by atoms with E-state index in [-0.39, 0.29) is 0 Å². The zero-order valence-corrected chi connectivity index (χ0v) is 13.2. The summed E-state index contributed by atoms with van der Waals surface area (Å²) >= 11 is 0. The monoisotopic (exact) mass is 270 g/mol. The molecular formula is C18H26N2. The van der Waals surface area contributed by atoms with Gasteiger partial charge in [0, 0.05) is 24.5 Å². The van der Waals surface area contributed by atoms with Crippen molar-refractivity contribution in [2.45, 2.75) is 47.2 Å². The minimum Gasteiger partial charge on any atom is -0.349 e. The summed E-state index contributed by atoms with van der Waals surface area (Å²) in [6.45, 7) is 11.8. The molecule has 1 N–H and O–H groups in total. The average Bonchev–Trinajstić information content (AvgIpc) is 2.69. The molecule has 2 heteroatoms. The van der Waals surface area contributed by atoms with Crippen molar-refractivity contribution in [1.29, 1.82) is 0 Å². The van der Waals surface area contributed by atoms with E-state index >= 15 is 0 Å². The van der Waals surface area contributed by atoms with Gasteiger partial charge >= 0.3 is 0 Å². The summed E-state index contributed by atoms with van der Waals surface area (Å²) in [6.07, 6.45) is 1.09. The Morgan fingerprint density at radius 1 is 1.10 bits per heavy atom. The summed E-state index contributed by atoms with van der Waals surface area (Å²) in [7, 11) is 0. The molecule has 108 valence electrons. The average molecular weight is 270 g/mol. The number of hydrogen-bond donors (Lipinski definition) is 1. The Bertz CT molecular complexity index is 567. The van der Waals surface area contributed by atoms with Crippen molar-refractivity contribution in [3.63, 3.8) is 0 Å². The van der Waals surface area contributed by atoms with Crippen LogP contribution in [-0.2, 0) is 19.5 Å². The van der Waals surface area contributed by atoms with Crippen LogP contribution in [0.25, 0.3) is 0 Å². The Balaban J connectivity index is 1.84. The summed E-state index contributed by atoms with van der Waals surface area (Å²) < 4.78 is 2.37. The molecule has 0 spiro atoms. The van der Waals surface area contributed by atoms with Gasteiger partial charge in [0.15, 0.2) is 0 Å². The Hall–Kier alpha value is -1.54. The lowest BCUT2D eigenvalue weighted by molar-refractivity contribution is 0.672. The molecule has 0 aliphatic carbocycles. The maximum Gasteiger partial charge on any atom is 0.0223 e. The molecule has 20 heavy (non-hydrogen) atoms. The number of nitrogens with zero attached hydrogens (tertiary/aromatic N) is 1. The van der Waals surface area contributed by atoms with E-state index in [1.54, 1.807) is 0 Å². The standard InChI is InChI=1S/C18H26N2/c1-5-20-15(3)12-18(16(20)4)13-19-10-9-17-8-6-7-14(2)11-17/h6-8,11-12,19H,5,9-10,13H2,1-4H3. The molecule has 0 saturated carbocycles. The van der Waals surface area contributed by atoms with Crippen LogP contribution in [0.5, 0.6) is 0 Å². The first-order chi connectivity index (χ1) is 9.61. The molecule has 0 amide bonds. The van der Waals surface area contributed by atoms with Gasteiger partial charge < -0.3 is 9.88 Å². The summed E-state index contributed by atoms with van der Waals surface area (Å²) in [4.78, 5) is 0. The Labute approximate surface area is 122 Å². The van der Waals surface area contributed by atoms with E-state index in [2.05, 4.69) is 67.9 Å². The zero-order valence-electron chi connectivity index (χ0n) is 13.2. The summed E-state index contributed by atoms with van der Waals surface area (Å²) in [5.41, 5.74) is 6.94. The van der Waals surface area contributed by atoms with Crippen molar-refractivity contribution < 1.29 is 0 Å². The molecule has 2 aromatic rings. The van der Waals surface area contributed by atoms with Crippen molar-refractivity contribution in [3.05, 3.63) is 58.4 Å². The molecular weight excluding hydrogens is 244 g/mol. The fourth-order valence-electron chi connectivity index (χ4n) is 2.86. The van der Waals surface area contributed by atoms with Crippen LogP contribution in [0.2, 0.25) is 0 Å². The predicted molar refractivity (Wildman–Crippen MR) is 86.2 cm³/mol. The van der Waals surface area contributed by atoms with E-state index in [9.17, 15) is 0 Å². The number of benzene rings is 1. The summed E-state index contributed by atoms with van der Waals surface area (Å²) in [6, 6.07) is 11.1. The second kappa shape index (κ2) is 6.76. The molecule has 0 atom stereocenters. The molecule has 2 rings (SSSR count). The lowest BCUT2D eigenvalue weighted by Gasteiger charge is -2.07. The van der Waals surface area contributed by atoms with Crippen LogP contribution in [0, 0.1) is 20.8 Å². The van der Waals surface area contributed by atoms with Gasteiger partial charge in [-0.05, 0) is 57.9 Å². The fraction of sp³-hybridized carbons (Fsp3) is 0.444. The molecule has 0 fully saturated rings. The minimum absolute atomic E-state index is 0.964. The normalized spacial score (nSPS) is 11.0. The van der Waals surface area contributed by atoms with Crippen molar-refractivity contribution in [1.82, 2.24) is 9.88 Å². The number of aryl methyl sites for hydroxylation is 2. The highest BCUT2D eigenvalue weighted by atomic mass is 15.0. The molecule has 0 aliphatic heterocycles. The molecule has 1 heterocycles. The van der Waals surface area contributed by atoms with Crippen LogP contribution in [0.1, 0.15) is 35.0 Å². The van der Waals surface area contributed by atoms with Gasteiger partial charge in [0.25, 0.3) is 0 Å². The van der Waals surface area contributed by atoms with Gasteiger partial charge in [0.2, 0.25) is 0 Å². The highest BCUT2D eigenvalue weighted by Crippen LogP contribution is 2.14. The second-order valence-electron chi connectivity index (χ2n) is 5.56. The van der Waals surface area contributed by atoms with Crippen molar-refractivity contribution >= 4 is 0 Å². The molecule has 0 saturated heterocycles. The quantitative estimate of drug-likeness (QED) is 0.791. The van der Waals surface area contributed by atoms with Gasteiger partial charge in [-0.25, -0.2) is 0 Å². The third-order valence-electron chi connectivity index (χ3n) is 3.98. The van der Waals surface area contributed by atoms with E-state index in [0.29, 0.717) is 0 Å². The van der Waals surface area contributed by atoms with Crippen molar-refractivity contribution in [2.24, 2.45) is 0 Å². The third-order valence-corrected chi connectivity index (χ3v) is 3.98. The lowest BCUT2D eigenvalue weighted by atomic mass is 10.1. The molecule has 1 aromatic carbocycles. The van der Waals surface area contributed by atoms with Crippen LogP contribution < -0.4 is 5.32 Å². The Morgan fingerprint density at radius 3 is 2.55 bits per heavy atom. The number of aromatic nitrogens is 1. The molecule has 0 bridgehead atoms. The van der Waals surface area contributed by atoms with Gasteiger partial charge in [0.1, 0.15) is 0 Å². The first kappa shape index (κ1) is 14.9.